The maximum atomic E-state index is 13.6. The molecule has 19 heavy (non-hydrogen) atoms. The molecule has 1 atom stereocenters. The number of rotatable bonds is 2. The van der Waals surface area contributed by atoms with Crippen LogP contribution in [0.1, 0.15) is 18.2 Å². The smallest absolute Gasteiger partial charge is 0.239 e. The number of carbonyl (C=O) groups excluding carboxylic acids is 1. The zero-order valence-corrected chi connectivity index (χ0v) is 10.0. The second-order valence-corrected chi connectivity index (χ2v) is 4.28. The molecule has 0 radical (unpaired) electrons. The van der Waals surface area contributed by atoms with Crippen LogP contribution in [0.4, 0.5) is 4.39 Å². The topological polar surface area (TPSA) is 65.2 Å². The SMILES string of the molecule is O=C1CCOCC1c1nc(-c2ccccc2F)no1. The van der Waals surface area contributed by atoms with Crippen LogP contribution in [0.3, 0.4) is 0 Å². The second kappa shape index (κ2) is 4.89. The molecule has 1 aromatic heterocycles. The predicted octanol–water partition coefficient (Wildman–Crippen LogP) is 1.95. The molecule has 0 saturated carbocycles. The molecule has 3 rings (SSSR count). The van der Waals surface area contributed by atoms with E-state index in [0.717, 1.165) is 0 Å². The van der Waals surface area contributed by atoms with Crippen LogP contribution in [0.15, 0.2) is 28.8 Å². The zero-order chi connectivity index (χ0) is 13.2. The highest BCUT2D eigenvalue weighted by molar-refractivity contribution is 5.85. The van der Waals surface area contributed by atoms with Gasteiger partial charge in [-0.25, -0.2) is 4.39 Å². The molecule has 0 N–H and O–H groups in total. The molecule has 1 unspecified atom stereocenters. The number of ketones is 1. The first-order valence-electron chi connectivity index (χ1n) is 5.94. The number of aromatic nitrogens is 2. The Hall–Kier alpha value is -2.08. The summed E-state index contributed by atoms with van der Waals surface area (Å²) in [5.41, 5.74) is 0.252. The molecular weight excluding hydrogens is 251 g/mol. The van der Waals surface area contributed by atoms with E-state index in [1.807, 2.05) is 0 Å². The summed E-state index contributed by atoms with van der Waals surface area (Å²) in [6.07, 6.45) is 0.335. The molecule has 0 aliphatic carbocycles. The fourth-order valence-corrected chi connectivity index (χ4v) is 1.98. The Morgan fingerprint density at radius 3 is 2.95 bits per heavy atom. The number of ether oxygens (including phenoxy) is 1. The van der Waals surface area contributed by atoms with E-state index in [1.165, 1.54) is 6.07 Å². The molecule has 1 aliphatic rings. The molecule has 1 aliphatic heterocycles. The minimum absolute atomic E-state index is 0.00924. The van der Waals surface area contributed by atoms with E-state index < -0.39 is 11.7 Å². The Bertz CT molecular complexity index is 611. The van der Waals surface area contributed by atoms with E-state index in [1.54, 1.807) is 18.2 Å². The van der Waals surface area contributed by atoms with Crippen molar-refractivity contribution in [2.45, 2.75) is 12.3 Å². The van der Waals surface area contributed by atoms with Gasteiger partial charge in [-0.2, -0.15) is 4.98 Å². The van der Waals surface area contributed by atoms with Crippen molar-refractivity contribution < 1.29 is 18.4 Å². The highest BCUT2D eigenvalue weighted by atomic mass is 19.1. The summed E-state index contributed by atoms with van der Waals surface area (Å²) in [4.78, 5) is 15.8. The molecular formula is C13H11FN2O3. The summed E-state index contributed by atoms with van der Waals surface area (Å²) in [7, 11) is 0. The van der Waals surface area contributed by atoms with Crippen molar-refractivity contribution in [3.63, 3.8) is 0 Å². The summed E-state index contributed by atoms with van der Waals surface area (Å²) < 4.78 is 23.9. The summed E-state index contributed by atoms with van der Waals surface area (Å²) in [6.45, 7) is 0.654. The number of hydrogen-bond donors (Lipinski definition) is 0. The van der Waals surface area contributed by atoms with Crippen LogP contribution in [0, 0.1) is 5.82 Å². The third kappa shape index (κ3) is 2.26. The lowest BCUT2D eigenvalue weighted by molar-refractivity contribution is -0.127. The molecule has 1 saturated heterocycles. The van der Waals surface area contributed by atoms with Crippen molar-refractivity contribution in [3.05, 3.63) is 36.0 Å². The van der Waals surface area contributed by atoms with Crippen molar-refractivity contribution in [1.82, 2.24) is 10.1 Å². The standard InChI is InChI=1S/C13H11FN2O3/c14-10-4-2-1-3-8(10)12-15-13(19-16-12)9-7-18-6-5-11(9)17/h1-4,9H,5-7H2. The number of benzene rings is 1. The van der Waals surface area contributed by atoms with Crippen LogP contribution in [-0.2, 0) is 9.53 Å². The summed E-state index contributed by atoms with van der Waals surface area (Å²) in [5, 5.41) is 3.72. The lowest BCUT2D eigenvalue weighted by atomic mass is 10.0. The van der Waals surface area contributed by atoms with Gasteiger partial charge in [0.05, 0.1) is 18.8 Å². The molecule has 0 bridgehead atoms. The van der Waals surface area contributed by atoms with E-state index in [-0.39, 0.29) is 29.7 Å². The summed E-state index contributed by atoms with van der Waals surface area (Å²) in [6, 6.07) is 6.14. The average Bonchev–Trinajstić information content (AvgIpc) is 2.89. The third-order valence-corrected chi connectivity index (χ3v) is 3.02. The van der Waals surface area contributed by atoms with Crippen LogP contribution < -0.4 is 0 Å². The monoisotopic (exact) mass is 262 g/mol. The van der Waals surface area contributed by atoms with Gasteiger partial charge in [0.2, 0.25) is 11.7 Å². The normalized spacial score (nSPS) is 19.6. The van der Waals surface area contributed by atoms with E-state index in [0.29, 0.717) is 13.0 Å². The summed E-state index contributed by atoms with van der Waals surface area (Å²) >= 11 is 0. The van der Waals surface area contributed by atoms with Crippen molar-refractivity contribution >= 4 is 5.78 Å². The van der Waals surface area contributed by atoms with Gasteiger partial charge in [0.1, 0.15) is 17.5 Å². The summed E-state index contributed by atoms with van der Waals surface area (Å²) in [5.74, 6) is -0.632. The predicted molar refractivity (Wildman–Crippen MR) is 62.9 cm³/mol. The van der Waals surface area contributed by atoms with Crippen molar-refractivity contribution in [2.24, 2.45) is 0 Å². The average molecular weight is 262 g/mol. The fraction of sp³-hybridized carbons (Fsp3) is 0.308. The Morgan fingerprint density at radius 1 is 1.32 bits per heavy atom. The van der Waals surface area contributed by atoms with Crippen LogP contribution >= 0.6 is 0 Å². The van der Waals surface area contributed by atoms with E-state index in [2.05, 4.69) is 10.1 Å². The van der Waals surface area contributed by atoms with E-state index >= 15 is 0 Å². The number of Topliss-reactive ketones (excluding diaryl/α,β-unsaturated/α-hetero) is 1. The molecule has 0 amide bonds. The van der Waals surface area contributed by atoms with Gasteiger partial charge in [0.25, 0.3) is 0 Å². The molecule has 2 heterocycles. The first-order chi connectivity index (χ1) is 9.25. The van der Waals surface area contributed by atoms with Crippen molar-refractivity contribution in [3.8, 4) is 11.4 Å². The second-order valence-electron chi connectivity index (χ2n) is 4.28. The number of carbonyl (C=O) groups is 1. The molecule has 1 aromatic carbocycles. The van der Waals surface area contributed by atoms with Gasteiger partial charge in [-0.15, -0.1) is 0 Å². The Morgan fingerprint density at radius 2 is 2.16 bits per heavy atom. The van der Waals surface area contributed by atoms with Gasteiger partial charge in [-0.1, -0.05) is 17.3 Å². The highest BCUT2D eigenvalue weighted by Crippen LogP contribution is 2.25. The molecule has 2 aromatic rings. The van der Waals surface area contributed by atoms with Gasteiger partial charge in [-0.05, 0) is 12.1 Å². The van der Waals surface area contributed by atoms with Gasteiger partial charge in [0.15, 0.2) is 0 Å². The zero-order valence-electron chi connectivity index (χ0n) is 10.0. The Labute approximate surface area is 108 Å². The minimum atomic E-state index is -0.540. The Kier molecular flexibility index (Phi) is 3.08. The van der Waals surface area contributed by atoms with Crippen molar-refractivity contribution in [1.29, 1.82) is 0 Å². The van der Waals surface area contributed by atoms with E-state index in [9.17, 15) is 9.18 Å². The molecule has 6 heteroatoms. The Balaban J connectivity index is 1.91. The van der Waals surface area contributed by atoms with Crippen LogP contribution in [0.2, 0.25) is 0 Å². The molecule has 1 fully saturated rings. The van der Waals surface area contributed by atoms with Gasteiger partial charge in [-0.3, -0.25) is 4.79 Å². The molecule has 98 valence electrons. The van der Waals surface area contributed by atoms with Gasteiger partial charge in [0, 0.05) is 6.42 Å². The van der Waals surface area contributed by atoms with Crippen LogP contribution in [0.25, 0.3) is 11.4 Å². The largest absolute Gasteiger partial charge is 0.380 e. The number of hydrogen-bond acceptors (Lipinski definition) is 5. The quantitative estimate of drug-likeness (QED) is 0.827. The highest BCUT2D eigenvalue weighted by Gasteiger charge is 2.30. The maximum Gasteiger partial charge on any atom is 0.239 e. The van der Waals surface area contributed by atoms with Gasteiger partial charge < -0.3 is 9.26 Å². The minimum Gasteiger partial charge on any atom is -0.380 e. The van der Waals surface area contributed by atoms with Crippen LogP contribution in [0.5, 0.6) is 0 Å². The lowest BCUT2D eigenvalue weighted by Gasteiger charge is -2.16. The van der Waals surface area contributed by atoms with E-state index in [4.69, 9.17) is 9.26 Å². The van der Waals surface area contributed by atoms with Crippen LogP contribution in [-0.4, -0.2) is 29.1 Å². The molecule has 0 spiro atoms. The first-order valence-corrected chi connectivity index (χ1v) is 5.94. The first kappa shape index (κ1) is 12.0. The fourth-order valence-electron chi connectivity index (χ4n) is 1.98. The third-order valence-electron chi connectivity index (χ3n) is 3.02. The number of halogens is 1. The number of nitrogens with zero attached hydrogens (tertiary/aromatic N) is 2. The van der Waals surface area contributed by atoms with Gasteiger partial charge >= 0.3 is 0 Å². The maximum absolute atomic E-state index is 13.6. The molecule has 5 nitrogen and oxygen atoms in total. The lowest BCUT2D eigenvalue weighted by Crippen LogP contribution is -2.25. The van der Waals surface area contributed by atoms with Crippen molar-refractivity contribution in [2.75, 3.05) is 13.2 Å².